The molecule has 1 unspecified atom stereocenters. The number of ether oxygens (including phenoxy) is 2. The zero-order valence-electron chi connectivity index (χ0n) is 26.0. The molecule has 5 nitrogen and oxygen atoms in total. The number of rotatable bonds is 11. The summed E-state index contributed by atoms with van der Waals surface area (Å²) >= 11 is 0. The fraction of sp³-hybridized carbons (Fsp3) is 0.594. The number of alkyl halides is 3. The molecule has 0 N–H and O–H groups in total. The molecule has 0 fully saturated rings. The summed E-state index contributed by atoms with van der Waals surface area (Å²) < 4.78 is 87.0. The summed E-state index contributed by atoms with van der Waals surface area (Å²) in [6.45, 7) is 15.0. The average molecular weight is 614 g/mol. The summed E-state index contributed by atoms with van der Waals surface area (Å²) in [6.07, 6.45) is -2.92. The summed E-state index contributed by atoms with van der Waals surface area (Å²) in [5, 5.41) is -1.22. The predicted molar refractivity (Wildman–Crippen MR) is 160 cm³/mol. The van der Waals surface area contributed by atoms with Crippen LogP contribution in [-0.2, 0) is 32.8 Å². The fourth-order valence-corrected chi connectivity index (χ4v) is 8.50. The molecule has 0 spiro atoms. The van der Waals surface area contributed by atoms with Crippen molar-refractivity contribution >= 4 is 13.3 Å². The summed E-state index contributed by atoms with van der Waals surface area (Å²) in [5.41, 5.74) is 0.208. The molecule has 0 bridgehead atoms. The number of aliphatic imine (C=N–C) groups is 1. The maximum absolute atomic E-state index is 14.1. The number of aryl methyl sites for hydroxylation is 3. The first-order chi connectivity index (χ1) is 19.3. The van der Waals surface area contributed by atoms with Gasteiger partial charge in [0, 0.05) is 17.2 Å². The molecule has 0 aromatic heterocycles. The van der Waals surface area contributed by atoms with Crippen LogP contribution in [-0.4, -0.2) is 41.6 Å². The predicted octanol–water partition coefficient (Wildman–Crippen LogP) is 9.18. The van der Waals surface area contributed by atoms with Crippen molar-refractivity contribution in [3.8, 4) is 5.75 Å². The van der Waals surface area contributed by atoms with Crippen LogP contribution in [0.25, 0.3) is 0 Å². The van der Waals surface area contributed by atoms with Gasteiger partial charge in [0.1, 0.15) is 23.7 Å². The minimum atomic E-state index is -4.60. The van der Waals surface area contributed by atoms with E-state index in [1.165, 1.54) is 12.1 Å². The highest BCUT2D eigenvalue weighted by molar-refractivity contribution is 7.62. The quantitative estimate of drug-likeness (QED) is 0.144. The van der Waals surface area contributed by atoms with Gasteiger partial charge < -0.3 is 14.0 Å². The molecule has 1 aliphatic rings. The third kappa shape index (κ3) is 8.16. The molecule has 234 valence electrons. The van der Waals surface area contributed by atoms with Gasteiger partial charge in [-0.25, -0.2) is 9.38 Å². The number of nitrogens with zero attached hydrogens (tertiary/aromatic N) is 1. The summed E-state index contributed by atoms with van der Waals surface area (Å²) in [5.74, 6) is -0.0509. The van der Waals surface area contributed by atoms with E-state index >= 15 is 0 Å². The summed E-state index contributed by atoms with van der Waals surface area (Å²) in [6, 6.07) is 8.90. The fourth-order valence-electron chi connectivity index (χ4n) is 5.29. The van der Waals surface area contributed by atoms with Gasteiger partial charge in [-0.3, -0.25) is 4.57 Å². The smallest absolute Gasteiger partial charge is 0.419 e. The molecule has 1 heterocycles. The van der Waals surface area contributed by atoms with Crippen molar-refractivity contribution in [1.82, 2.24) is 0 Å². The summed E-state index contributed by atoms with van der Waals surface area (Å²) in [7, 11) is -3.18. The second-order valence-corrected chi connectivity index (χ2v) is 17.2. The first kappa shape index (κ1) is 34.1. The molecule has 0 aliphatic carbocycles. The van der Waals surface area contributed by atoms with Gasteiger partial charge >= 0.3 is 6.18 Å². The Hall–Kier alpha value is -2.38. The Balaban J connectivity index is 1.72. The highest BCUT2D eigenvalue weighted by Crippen LogP contribution is 2.67. The zero-order valence-corrected chi connectivity index (χ0v) is 26.8. The number of benzene rings is 2. The molecule has 1 aliphatic heterocycles. The minimum Gasteiger partial charge on any atom is -0.493 e. The van der Waals surface area contributed by atoms with Crippen LogP contribution in [0.1, 0.15) is 83.6 Å². The van der Waals surface area contributed by atoms with E-state index in [2.05, 4.69) is 4.99 Å². The van der Waals surface area contributed by atoms with Crippen molar-refractivity contribution in [2.24, 2.45) is 4.99 Å². The van der Waals surface area contributed by atoms with Gasteiger partial charge in [0.15, 0.2) is 5.90 Å². The Kier molecular flexibility index (Phi) is 10.3. The minimum absolute atomic E-state index is 0.0388. The van der Waals surface area contributed by atoms with Crippen LogP contribution in [0.4, 0.5) is 17.6 Å². The Morgan fingerprint density at radius 1 is 0.952 bits per heavy atom. The van der Waals surface area contributed by atoms with Crippen LogP contribution in [0.5, 0.6) is 5.75 Å². The van der Waals surface area contributed by atoms with E-state index in [1.54, 1.807) is 32.0 Å². The van der Waals surface area contributed by atoms with Crippen molar-refractivity contribution in [2.75, 3.05) is 19.8 Å². The standard InChI is InChI=1S/C32H44F4NO4P/c1-22-18-24(11-13-27(22)33)10-9-17-39-28-14-12-25(19-26(28)32(34,35)36)15-16-31(20-40-23(2)37-31)21-41-42(38,29(3,4)5)30(6,7)8/h11-14,18-19H,9-10,15-17,20-21H2,1-8H3. The highest BCUT2D eigenvalue weighted by Gasteiger charge is 2.50. The third-order valence-electron chi connectivity index (χ3n) is 7.54. The molecule has 3 rings (SSSR count). The van der Waals surface area contributed by atoms with Crippen molar-refractivity contribution in [3.63, 3.8) is 0 Å². The van der Waals surface area contributed by atoms with Gasteiger partial charge in [-0.15, -0.1) is 0 Å². The van der Waals surface area contributed by atoms with E-state index < -0.39 is 35.0 Å². The van der Waals surface area contributed by atoms with Crippen molar-refractivity contribution in [1.29, 1.82) is 0 Å². The lowest BCUT2D eigenvalue weighted by molar-refractivity contribution is -0.139. The molecule has 2 aromatic rings. The van der Waals surface area contributed by atoms with Crippen molar-refractivity contribution < 1.29 is 36.1 Å². The maximum Gasteiger partial charge on any atom is 0.419 e. The average Bonchev–Trinajstić information content (AvgIpc) is 3.25. The van der Waals surface area contributed by atoms with E-state index in [-0.39, 0.29) is 37.8 Å². The van der Waals surface area contributed by atoms with Crippen LogP contribution in [0, 0.1) is 12.7 Å². The lowest BCUT2D eigenvalue weighted by Gasteiger charge is -2.41. The molecule has 2 aromatic carbocycles. The molecule has 0 radical (unpaired) electrons. The zero-order chi connectivity index (χ0) is 31.6. The molecular weight excluding hydrogens is 569 g/mol. The number of halogens is 4. The Bertz CT molecular complexity index is 1310. The lowest BCUT2D eigenvalue weighted by Crippen LogP contribution is -2.38. The van der Waals surface area contributed by atoms with Crippen LogP contribution >= 0.6 is 7.37 Å². The van der Waals surface area contributed by atoms with Crippen molar-refractivity contribution in [2.45, 2.75) is 103 Å². The topological polar surface area (TPSA) is 57.1 Å². The van der Waals surface area contributed by atoms with Gasteiger partial charge in [0.05, 0.1) is 18.8 Å². The molecule has 0 amide bonds. The van der Waals surface area contributed by atoms with E-state index in [1.807, 2.05) is 41.5 Å². The SMILES string of the molecule is CC1=NC(CCc2ccc(OCCCc3ccc(F)c(C)c3)c(C(F)(F)F)c2)(COP(=O)(C(C)(C)C)C(C)(C)C)CO1. The van der Waals surface area contributed by atoms with Crippen LogP contribution in [0.2, 0.25) is 0 Å². The van der Waals surface area contributed by atoms with Crippen LogP contribution in [0.15, 0.2) is 41.4 Å². The Morgan fingerprint density at radius 2 is 1.57 bits per heavy atom. The van der Waals surface area contributed by atoms with E-state index in [0.29, 0.717) is 36.3 Å². The number of hydrogen-bond donors (Lipinski definition) is 0. The Labute approximate surface area is 247 Å². The lowest BCUT2D eigenvalue weighted by atomic mass is 9.93. The second-order valence-electron chi connectivity index (χ2n) is 13.2. The maximum atomic E-state index is 14.1. The molecular formula is C32H44F4NO4P. The van der Waals surface area contributed by atoms with Crippen molar-refractivity contribution in [3.05, 3.63) is 64.5 Å². The monoisotopic (exact) mass is 613 g/mol. The first-order valence-corrected chi connectivity index (χ1v) is 15.9. The highest BCUT2D eigenvalue weighted by atomic mass is 31.2. The summed E-state index contributed by atoms with van der Waals surface area (Å²) in [4.78, 5) is 4.66. The van der Waals surface area contributed by atoms with Crippen LogP contribution in [0.3, 0.4) is 0 Å². The Morgan fingerprint density at radius 3 is 2.12 bits per heavy atom. The molecule has 0 saturated carbocycles. The van der Waals surface area contributed by atoms with Gasteiger partial charge in [-0.1, -0.05) is 59.7 Å². The first-order valence-electron chi connectivity index (χ1n) is 14.3. The second kappa shape index (κ2) is 12.7. The van der Waals surface area contributed by atoms with E-state index in [0.717, 1.165) is 11.6 Å². The normalized spacial score (nSPS) is 18.1. The molecule has 10 heteroatoms. The van der Waals surface area contributed by atoms with Gasteiger partial charge in [0.25, 0.3) is 0 Å². The molecule has 0 saturated heterocycles. The van der Waals surface area contributed by atoms with E-state index in [4.69, 9.17) is 14.0 Å². The van der Waals surface area contributed by atoms with Crippen LogP contribution < -0.4 is 4.74 Å². The number of hydrogen-bond acceptors (Lipinski definition) is 5. The third-order valence-corrected chi connectivity index (χ3v) is 11.6. The van der Waals surface area contributed by atoms with E-state index in [9.17, 15) is 22.1 Å². The molecule has 1 atom stereocenters. The van der Waals surface area contributed by atoms with Gasteiger partial charge in [-0.05, 0) is 67.5 Å². The van der Waals surface area contributed by atoms with Gasteiger partial charge in [0.2, 0.25) is 7.37 Å². The van der Waals surface area contributed by atoms with Gasteiger partial charge in [-0.2, -0.15) is 13.2 Å². The molecule has 42 heavy (non-hydrogen) atoms. The largest absolute Gasteiger partial charge is 0.493 e.